The average Bonchev–Trinajstić information content (AvgIpc) is 3.44. The Morgan fingerprint density at radius 3 is 2.59 bits per heavy atom. The predicted octanol–water partition coefficient (Wildman–Crippen LogP) is 4.19. The molecule has 0 atom stereocenters. The van der Waals surface area contributed by atoms with Crippen LogP contribution in [0.25, 0.3) is 21.3 Å². The molecule has 0 saturated heterocycles. The van der Waals surface area contributed by atoms with Crippen molar-refractivity contribution in [2.24, 2.45) is 0 Å². The van der Waals surface area contributed by atoms with Crippen LogP contribution in [-0.4, -0.2) is 26.1 Å². The number of benzene rings is 2. The Labute approximate surface area is 188 Å². The SMILES string of the molecule is O=C(Cc1nnc(Cc2nc3ccc(-c4ccccc4)cc3s2)o1)NCc1ccncc1. The number of aromatic nitrogens is 4. The minimum absolute atomic E-state index is 0.0400. The van der Waals surface area contributed by atoms with Gasteiger partial charge in [0, 0.05) is 18.9 Å². The zero-order chi connectivity index (χ0) is 21.8. The highest BCUT2D eigenvalue weighted by molar-refractivity contribution is 7.18. The number of fused-ring (bicyclic) bond motifs is 1. The first-order valence-corrected chi connectivity index (χ1v) is 11.0. The van der Waals surface area contributed by atoms with Gasteiger partial charge in [-0.15, -0.1) is 21.5 Å². The predicted molar refractivity (Wildman–Crippen MR) is 122 cm³/mol. The first-order chi connectivity index (χ1) is 15.7. The van der Waals surface area contributed by atoms with Gasteiger partial charge in [0.1, 0.15) is 11.4 Å². The van der Waals surface area contributed by atoms with Crippen molar-refractivity contribution in [3.05, 3.63) is 95.4 Å². The quantitative estimate of drug-likeness (QED) is 0.407. The molecule has 158 valence electrons. The van der Waals surface area contributed by atoms with Crippen LogP contribution in [0.4, 0.5) is 0 Å². The van der Waals surface area contributed by atoms with Crippen LogP contribution in [0.1, 0.15) is 22.4 Å². The maximum absolute atomic E-state index is 12.2. The molecule has 0 bridgehead atoms. The Morgan fingerprint density at radius 2 is 1.75 bits per heavy atom. The standard InChI is InChI=1S/C24H19N5O2S/c30-21(26-15-16-8-10-25-11-9-16)13-22-28-29-23(31-22)14-24-27-19-7-6-18(12-20(19)32-24)17-4-2-1-3-5-17/h1-12H,13-15H2,(H,26,30). The summed E-state index contributed by atoms with van der Waals surface area (Å²) >= 11 is 1.61. The van der Waals surface area contributed by atoms with Crippen molar-refractivity contribution < 1.29 is 9.21 Å². The van der Waals surface area contributed by atoms with Gasteiger partial charge in [-0.2, -0.15) is 0 Å². The van der Waals surface area contributed by atoms with Crippen molar-refractivity contribution in [1.29, 1.82) is 0 Å². The van der Waals surface area contributed by atoms with Crippen LogP contribution in [0.5, 0.6) is 0 Å². The van der Waals surface area contributed by atoms with Gasteiger partial charge in [0.2, 0.25) is 17.7 Å². The summed E-state index contributed by atoms with van der Waals surface area (Å²) in [6, 6.07) is 20.2. The van der Waals surface area contributed by atoms with Gasteiger partial charge in [-0.25, -0.2) is 4.98 Å². The summed E-state index contributed by atoms with van der Waals surface area (Å²) in [6.45, 7) is 0.430. The van der Waals surface area contributed by atoms with Gasteiger partial charge in [-0.1, -0.05) is 36.4 Å². The molecule has 5 aromatic rings. The van der Waals surface area contributed by atoms with Crippen LogP contribution < -0.4 is 5.32 Å². The smallest absolute Gasteiger partial charge is 0.229 e. The number of amides is 1. The minimum atomic E-state index is -0.176. The fourth-order valence-electron chi connectivity index (χ4n) is 3.32. The Morgan fingerprint density at radius 1 is 0.938 bits per heavy atom. The van der Waals surface area contributed by atoms with Crippen molar-refractivity contribution in [2.75, 3.05) is 0 Å². The second-order valence-electron chi connectivity index (χ2n) is 7.23. The molecule has 2 aromatic carbocycles. The van der Waals surface area contributed by atoms with E-state index in [-0.39, 0.29) is 12.3 Å². The van der Waals surface area contributed by atoms with Crippen molar-refractivity contribution in [3.63, 3.8) is 0 Å². The Kier molecular flexibility index (Phi) is 5.67. The highest BCUT2D eigenvalue weighted by atomic mass is 32.1. The highest BCUT2D eigenvalue weighted by Crippen LogP contribution is 2.29. The van der Waals surface area contributed by atoms with Gasteiger partial charge in [0.15, 0.2) is 0 Å². The molecule has 0 aliphatic rings. The number of carbonyl (C=O) groups excluding carboxylic acids is 1. The largest absolute Gasteiger partial charge is 0.424 e. The molecule has 7 nitrogen and oxygen atoms in total. The summed E-state index contributed by atoms with van der Waals surface area (Å²) in [7, 11) is 0. The van der Waals surface area contributed by atoms with Crippen LogP contribution in [0.2, 0.25) is 0 Å². The summed E-state index contributed by atoms with van der Waals surface area (Å²) < 4.78 is 6.78. The Hall–Kier alpha value is -3.91. The van der Waals surface area contributed by atoms with Crippen molar-refractivity contribution in [2.45, 2.75) is 19.4 Å². The van der Waals surface area contributed by atoms with Gasteiger partial charge in [-0.05, 0) is 41.0 Å². The molecular weight excluding hydrogens is 422 g/mol. The Bertz CT molecular complexity index is 1350. The summed E-state index contributed by atoms with van der Waals surface area (Å²) in [4.78, 5) is 20.8. The van der Waals surface area contributed by atoms with Crippen LogP contribution in [0.3, 0.4) is 0 Å². The van der Waals surface area contributed by atoms with Gasteiger partial charge in [0.25, 0.3) is 0 Å². The summed E-state index contributed by atoms with van der Waals surface area (Å²) in [6.07, 6.45) is 3.86. The fourth-order valence-corrected chi connectivity index (χ4v) is 4.32. The second kappa shape index (κ2) is 9.07. The molecule has 3 heterocycles. The zero-order valence-corrected chi connectivity index (χ0v) is 17.9. The molecule has 0 radical (unpaired) electrons. The van der Waals surface area contributed by atoms with E-state index in [1.165, 1.54) is 5.56 Å². The van der Waals surface area contributed by atoms with Crippen molar-refractivity contribution >= 4 is 27.5 Å². The molecule has 0 spiro atoms. The van der Waals surface area contributed by atoms with Crippen molar-refractivity contribution in [1.82, 2.24) is 25.5 Å². The van der Waals surface area contributed by atoms with Gasteiger partial charge >= 0.3 is 0 Å². The van der Waals surface area contributed by atoms with Gasteiger partial charge in [-0.3, -0.25) is 9.78 Å². The molecule has 0 aliphatic carbocycles. The van der Waals surface area contributed by atoms with E-state index in [1.807, 2.05) is 36.4 Å². The lowest BCUT2D eigenvalue weighted by atomic mass is 10.1. The molecule has 0 fully saturated rings. The molecule has 0 unspecified atom stereocenters. The van der Waals surface area contributed by atoms with E-state index in [0.29, 0.717) is 24.7 Å². The second-order valence-corrected chi connectivity index (χ2v) is 8.35. The van der Waals surface area contributed by atoms with Crippen LogP contribution in [0, 0.1) is 0 Å². The lowest BCUT2D eigenvalue weighted by Gasteiger charge is -2.02. The number of nitrogens with one attached hydrogen (secondary N) is 1. The van der Waals surface area contributed by atoms with Crippen LogP contribution in [0.15, 0.2) is 77.5 Å². The maximum Gasteiger partial charge on any atom is 0.229 e. The number of nitrogens with zero attached hydrogens (tertiary/aromatic N) is 4. The van der Waals surface area contributed by atoms with Gasteiger partial charge < -0.3 is 9.73 Å². The molecule has 5 rings (SSSR count). The van der Waals surface area contributed by atoms with Crippen molar-refractivity contribution in [3.8, 4) is 11.1 Å². The fraction of sp³-hybridized carbons (Fsp3) is 0.125. The molecule has 0 saturated carbocycles. The highest BCUT2D eigenvalue weighted by Gasteiger charge is 2.14. The summed E-state index contributed by atoms with van der Waals surface area (Å²) in [5, 5.41) is 11.8. The maximum atomic E-state index is 12.2. The number of rotatable bonds is 7. The van der Waals surface area contributed by atoms with Crippen LogP contribution in [-0.2, 0) is 24.2 Å². The third-order valence-corrected chi connectivity index (χ3v) is 5.92. The van der Waals surface area contributed by atoms with E-state index in [0.717, 1.165) is 26.4 Å². The van der Waals surface area contributed by atoms with E-state index in [1.54, 1.807) is 23.7 Å². The number of pyridine rings is 1. The zero-order valence-electron chi connectivity index (χ0n) is 17.1. The Balaban J connectivity index is 1.22. The third kappa shape index (κ3) is 4.70. The van der Waals surface area contributed by atoms with Gasteiger partial charge in [0.05, 0.1) is 16.6 Å². The van der Waals surface area contributed by atoms with E-state index in [9.17, 15) is 4.79 Å². The first-order valence-electron chi connectivity index (χ1n) is 10.1. The average molecular weight is 442 g/mol. The minimum Gasteiger partial charge on any atom is -0.424 e. The molecule has 3 aromatic heterocycles. The molecule has 32 heavy (non-hydrogen) atoms. The topological polar surface area (TPSA) is 93.8 Å². The van der Waals surface area contributed by atoms with E-state index in [4.69, 9.17) is 4.42 Å². The number of hydrogen-bond acceptors (Lipinski definition) is 7. The molecule has 1 N–H and O–H groups in total. The lowest BCUT2D eigenvalue weighted by Crippen LogP contribution is -2.24. The van der Waals surface area contributed by atoms with E-state index >= 15 is 0 Å². The summed E-state index contributed by atoms with van der Waals surface area (Å²) in [5.41, 5.74) is 4.25. The molecule has 0 aliphatic heterocycles. The molecule has 8 heteroatoms. The monoisotopic (exact) mass is 441 g/mol. The molecular formula is C24H19N5O2S. The van der Waals surface area contributed by atoms with E-state index in [2.05, 4.69) is 49.7 Å². The summed E-state index contributed by atoms with van der Waals surface area (Å²) in [5.74, 6) is 0.564. The first kappa shape index (κ1) is 20.0. The number of thiazole rings is 1. The number of carbonyl (C=O) groups is 1. The van der Waals surface area contributed by atoms with Crippen LogP contribution >= 0.6 is 11.3 Å². The number of hydrogen-bond donors (Lipinski definition) is 1. The molecule has 1 amide bonds. The normalized spacial score (nSPS) is 11.0. The lowest BCUT2D eigenvalue weighted by molar-refractivity contribution is -0.120. The van der Waals surface area contributed by atoms with E-state index < -0.39 is 0 Å². The third-order valence-electron chi connectivity index (χ3n) is 4.90.